The topological polar surface area (TPSA) is 60.2 Å². The van der Waals surface area contributed by atoms with Gasteiger partial charge in [-0.25, -0.2) is 13.6 Å². The lowest BCUT2D eigenvalue weighted by atomic mass is 10.4. The van der Waals surface area contributed by atoms with Gasteiger partial charge in [-0.1, -0.05) is 11.6 Å². The minimum Gasteiger partial charge on any atom is -0.224 e. The van der Waals surface area contributed by atoms with Gasteiger partial charge in [-0.2, -0.15) is 0 Å². The van der Waals surface area contributed by atoms with Gasteiger partial charge >= 0.3 is 0 Å². The summed E-state index contributed by atoms with van der Waals surface area (Å²) in [7, 11) is -3.57. The zero-order valence-electron chi connectivity index (χ0n) is 5.67. The molecule has 1 rings (SSSR count). The number of halogens is 1. The molecule has 0 radical (unpaired) electrons. The van der Waals surface area contributed by atoms with Crippen LogP contribution < -0.4 is 5.14 Å². The number of hydrogen-bond acceptors (Lipinski definition) is 3. The van der Waals surface area contributed by atoms with Crippen molar-refractivity contribution in [2.75, 3.05) is 0 Å². The molecule has 3 nitrogen and oxygen atoms in total. The molecule has 0 aliphatic carbocycles. The van der Waals surface area contributed by atoms with Crippen LogP contribution in [0.15, 0.2) is 10.3 Å². The van der Waals surface area contributed by atoms with Gasteiger partial charge < -0.3 is 0 Å². The van der Waals surface area contributed by atoms with Crippen LogP contribution in [0.25, 0.3) is 0 Å². The first-order chi connectivity index (χ1) is 4.91. The molecule has 0 atom stereocenters. The van der Waals surface area contributed by atoms with Crippen molar-refractivity contribution in [3.63, 3.8) is 0 Å². The van der Waals surface area contributed by atoms with Gasteiger partial charge in [-0.05, 0) is 18.6 Å². The summed E-state index contributed by atoms with van der Waals surface area (Å²) in [6, 6.07) is 1.46. The maximum Gasteiger partial charge on any atom is 0.247 e. The highest BCUT2D eigenvalue weighted by molar-refractivity contribution is 7.91. The second-order valence-corrected chi connectivity index (χ2v) is 5.51. The highest BCUT2D eigenvalue weighted by atomic mass is 35.5. The first-order valence-electron chi connectivity index (χ1n) is 2.70. The monoisotopic (exact) mass is 211 g/mol. The van der Waals surface area contributed by atoms with Crippen molar-refractivity contribution in [3.05, 3.63) is 16.0 Å². The van der Waals surface area contributed by atoms with Crippen molar-refractivity contribution in [1.82, 2.24) is 0 Å². The second kappa shape index (κ2) is 2.75. The molecule has 11 heavy (non-hydrogen) atoms. The third kappa shape index (κ3) is 1.93. The van der Waals surface area contributed by atoms with E-state index in [1.54, 1.807) is 6.92 Å². The van der Waals surface area contributed by atoms with E-state index >= 15 is 0 Å². The lowest BCUT2D eigenvalue weighted by Gasteiger charge is -1.87. The summed E-state index contributed by atoms with van der Waals surface area (Å²) in [4.78, 5) is 0. The Bertz CT molecular complexity index is 348. The van der Waals surface area contributed by atoms with Crippen molar-refractivity contribution in [1.29, 1.82) is 0 Å². The van der Waals surface area contributed by atoms with Crippen molar-refractivity contribution in [2.24, 2.45) is 5.14 Å². The van der Waals surface area contributed by atoms with Gasteiger partial charge in [0, 0.05) is 0 Å². The highest BCUT2D eigenvalue weighted by Gasteiger charge is 2.12. The Morgan fingerprint density at radius 1 is 1.64 bits per heavy atom. The Hall–Kier alpha value is -0.100. The van der Waals surface area contributed by atoms with Gasteiger partial charge in [0.2, 0.25) is 10.0 Å². The van der Waals surface area contributed by atoms with Crippen LogP contribution in [0.2, 0.25) is 4.34 Å². The molecule has 0 amide bonds. The molecular formula is C5H6ClNO2S2. The number of primary sulfonamides is 1. The minimum absolute atomic E-state index is 0.111. The lowest BCUT2D eigenvalue weighted by Crippen LogP contribution is -2.09. The minimum atomic E-state index is -3.57. The number of nitrogens with two attached hydrogens (primary N) is 1. The molecule has 0 spiro atoms. The van der Waals surface area contributed by atoms with Crippen LogP contribution in [0.5, 0.6) is 0 Å². The van der Waals surface area contributed by atoms with Crippen LogP contribution in [0.1, 0.15) is 5.56 Å². The van der Waals surface area contributed by atoms with E-state index in [-0.39, 0.29) is 4.21 Å². The number of rotatable bonds is 1. The van der Waals surface area contributed by atoms with Crippen molar-refractivity contribution < 1.29 is 8.42 Å². The van der Waals surface area contributed by atoms with Gasteiger partial charge in [-0.15, -0.1) is 11.3 Å². The SMILES string of the molecule is Cc1cc(S(N)(=O)=O)sc1Cl. The van der Waals surface area contributed by atoms with Crippen LogP contribution in [0, 0.1) is 6.92 Å². The summed E-state index contributed by atoms with van der Waals surface area (Å²) < 4.78 is 22.0. The van der Waals surface area contributed by atoms with Crippen LogP contribution in [0.3, 0.4) is 0 Å². The summed E-state index contributed by atoms with van der Waals surface area (Å²) >= 11 is 6.61. The van der Waals surface area contributed by atoms with Crippen molar-refractivity contribution in [3.8, 4) is 0 Å². The summed E-state index contributed by atoms with van der Waals surface area (Å²) in [5, 5.41) is 4.86. The van der Waals surface area contributed by atoms with E-state index < -0.39 is 10.0 Å². The third-order valence-corrected chi connectivity index (χ3v) is 4.09. The molecule has 0 unspecified atom stereocenters. The molecule has 1 aromatic rings. The smallest absolute Gasteiger partial charge is 0.224 e. The van der Waals surface area contributed by atoms with E-state index in [0.717, 1.165) is 16.9 Å². The molecular weight excluding hydrogens is 206 g/mol. The largest absolute Gasteiger partial charge is 0.247 e. The van der Waals surface area contributed by atoms with Crippen LogP contribution in [-0.4, -0.2) is 8.42 Å². The van der Waals surface area contributed by atoms with E-state index in [1.165, 1.54) is 6.07 Å². The fourth-order valence-electron chi connectivity index (χ4n) is 0.572. The quantitative estimate of drug-likeness (QED) is 0.763. The summed E-state index contributed by atoms with van der Waals surface area (Å²) in [5.74, 6) is 0. The van der Waals surface area contributed by atoms with E-state index in [2.05, 4.69) is 0 Å². The summed E-state index contributed by atoms with van der Waals surface area (Å²) in [5.41, 5.74) is 0.737. The molecule has 0 aliphatic heterocycles. The molecule has 0 saturated carbocycles. The average molecular weight is 212 g/mol. The maximum atomic E-state index is 10.7. The van der Waals surface area contributed by atoms with E-state index in [4.69, 9.17) is 16.7 Å². The van der Waals surface area contributed by atoms with Gasteiger partial charge in [0.1, 0.15) is 4.21 Å². The number of hydrogen-bond donors (Lipinski definition) is 1. The number of sulfonamides is 1. The van der Waals surface area contributed by atoms with Crippen LogP contribution >= 0.6 is 22.9 Å². The second-order valence-electron chi connectivity index (χ2n) is 2.07. The fourth-order valence-corrected chi connectivity index (χ4v) is 2.70. The lowest BCUT2D eigenvalue weighted by molar-refractivity contribution is 0.599. The molecule has 1 heterocycles. The van der Waals surface area contributed by atoms with E-state index in [0.29, 0.717) is 4.34 Å². The molecule has 0 saturated heterocycles. The molecule has 0 aliphatic rings. The first-order valence-corrected chi connectivity index (χ1v) is 5.44. The van der Waals surface area contributed by atoms with Crippen LogP contribution in [0.4, 0.5) is 0 Å². The van der Waals surface area contributed by atoms with Gasteiger partial charge in [0.15, 0.2) is 0 Å². The predicted octanol–water partition coefficient (Wildman–Crippen LogP) is 1.36. The number of aryl methyl sites for hydroxylation is 1. The summed E-state index contributed by atoms with van der Waals surface area (Å²) in [6.45, 7) is 1.73. The molecule has 0 aromatic carbocycles. The normalized spacial score (nSPS) is 11.9. The Morgan fingerprint density at radius 3 is 2.36 bits per heavy atom. The fraction of sp³-hybridized carbons (Fsp3) is 0.200. The maximum absolute atomic E-state index is 10.7. The predicted molar refractivity (Wildman–Crippen MR) is 45.4 cm³/mol. The molecule has 62 valence electrons. The standard InChI is InChI=1S/C5H6ClNO2S2/c1-3-2-4(10-5(3)6)11(7,8)9/h2H,1H3,(H2,7,8,9). The van der Waals surface area contributed by atoms with Crippen molar-refractivity contribution >= 4 is 33.0 Å². The Morgan fingerprint density at radius 2 is 2.18 bits per heavy atom. The Kier molecular flexibility index (Phi) is 2.24. The van der Waals surface area contributed by atoms with E-state index in [1.807, 2.05) is 0 Å². The van der Waals surface area contributed by atoms with Crippen molar-refractivity contribution in [2.45, 2.75) is 11.1 Å². The zero-order chi connectivity index (χ0) is 8.65. The molecule has 2 N–H and O–H groups in total. The molecule has 0 fully saturated rings. The van der Waals surface area contributed by atoms with Gasteiger partial charge in [0.25, 0.3) is 0 Å². The molecule has 1 aromatic heterocycles. The van der Waals surface area contributed by atoms with Crippen LogP contribution in [-0.2, 0) is 10.0 Å². The van der Waals surface area contributed by atoms with Gasteiger partial charge in [0.05, 0.1) is 4.34 Å². The Labute approximate surface area is 73.8 Å². The third-order valence-electron chi connectivity index (χ3n) is 1.12. The first kappa shape index (κ1) is 8.99. The molecule has 0 bridgehead atoms. The Balaban J connectivity index is 3.29. The van der Waals surface area contributed by atoms with Gasteiger partial charge in [-0.3, -0.25) is 0 Å². The highest BCUT2D eigenvalue weighted by Crippen LogP contribution is 2.28. The summed E-state index contributed by atoms with van der Waals surface area (Å²) in [6.07, 6.45) is 0. The average Bonchev–Trinajstić information content (AvgIpc) is 2.11. The zero-order valence-corrected chi connectivity index (χ0v) is 8.05. The number of thiophene rings is 1. The molecule has 6 heteroatoms. The van der Waals surface area contributed by atoms with E-state index in [9.17, 15) is 8.42 Å².